The summed E-state index contributed by atoms with van der Waals surface area (Å²) in [6, 6.07) is 31.4. The van der Waals surface area contributed by atoms with Gasteiger partial charge in [0.15, 0.2) is 0 Å². The quantitative estimate of drug-likeness (QED) is 0.219. The lowest BCUT2D eigenvalue weighted by atomic mass is 9.83. The summed E-state index contributed by atoms with van der Waals surface area (Å²) in [6.45, 7) is 0. The molecule has 1 aliphatic carbocycles. The van der Waals surface area contributed by atoms with E-state index in [0.29, 0.717) is 0 Å². The van der Waals surface area contributed by atoms with Gasteiger partial charge in [0.1, 0.15) is 5.82 Å². The second kappa shape index (κ2) is 11.2. The second-order valence-corrected chi connectivity index (χ2v) is 10.1. The minimum absolute atomic E-state index is 0. The first-order valence-corrected chi connectivity index (χ1v) is 13.0. The highest BCUT2D eigenvalue weighted by molar-refractivity contribution is 6.08. The zero-order valence-corrected chi connectivity index (χ0v) is 23.0. The van der Waals surface area contributed by atoms with E-state index in [1.54, 1.807) is 18.3 Å². The van der Waals surface area contributed by atoms with Crippen LogP contribution in [0.25, 0.3) is 32.3 Å². The van der Waals surface area contributed by atoms with Crippen LogP contribution >= 0.6 is 24.8 Å². The minimum Gasteiger partial charge on any atom is -0.378 e. The lowest BCUT2D eigenvalue weighted by molar-refractivity contribution is 0.603. The van der Waals surface area contributed by atoms with Crippen molar-refractivity contribution in [3.05, 3.63) is 131 Å². The standard InChI is InChI=1S/C34H27FN2.2ClH/c35-25-12-14-27-24(20-25)11-17-34(32(27)19-22-5-4-18-36-21-22)37-33-9-3-8-28-30-13-10-23-6-1-2-7-26(23)29(30)15-16-31(28)33;;/h1-2,4-7,10-18,20-21,33,37H,3,8-9,19H2;2*1H. The summed E-state index contributed by atoms with van der Waals surface area (Å²) in [7, 11) is 0. The topological polar surface area (TPSA) is 24.9 Å². The van der Waals surface area contributed by atoms with E-state index in [1.807, 2.05) is 24.4 Å². The van der Waals surface area contributed by atoms with E-state index in [4.69, 9.17) is 0 Å². The number of rotatable bonds is 4. The molecule has 0 radical (unpaired) electrons. The number of pyridine rings is 1. The first-order chi connectivity index (χ1) is 18.2. The third kappa shape index (κ3) is 4.93. The number of fused-ring (bicyclic) bond motifs is 6. The Morgan fingerprint density at radius 1 is 0.769 bits per heavy atom. The van der Waals surface area contributed by atoms with Crippen LogP contribution in [0.5, 0.6) is 0 Å². The molecule has 39 heavy (non-hydrogen) atoms. The molecule has 2 nitrogen and oxygen atoms in total. The third-order valence-electron chi connectivity index (χ3n) is 7.90. The van der Waals surface area contributed by atoms with Crippen LogP contribution in [-0.2, 0) is 12.8 Å². The predicted octanol–water partition coefficient (Wildman–Crippen LogP) is 9.60. The molecule has 196 valence electrons. The number of nitrogens with zero attached hydrogens (tertiary/aromatic N) is 1. The summed E-state index contributed by atoms with van der Waals surface area (Å²) in [5.41, 5.74) is 6.29. The van der Waals surface area contributed by atoms with Crippen molar-refractivity contribution in [2.75, 3.05) is 5.32 Å². The fraction of sp³-hybridized carbons (Fsp3) is 0.147. The Kier molecular flexibility index (Phi) is 7.74. The number of benzene rings is 5. The fourth-order valence-corrected chi connectivity index (χ4v) is 6.15. The molecule has 1 atom stereocenters. The molecule has 6 aromatic rings. The van der Waals surface area contributed by atoms with Crippen molar-refractivity contribution in [2.24, 2.45) is 0 Å². The van der Waals surface area contributed by atoms with Gasteiger partial charge < -0.3 is 5.32 Å². The number of hydrogen-bond donors (Lipinski definition) is 1. The van der Waals surface area contributed by atoms with Crippen LogP contribution in [0.4, 0.5) is 10.1 Å². The molecule has 0 aliphatic heterocycles. The van der Waals surface area contributed by atoms with Crippen LogP contribution < -0.4 is 5.32 Å². The Balaban J connectivity index is 0.00000154. The van der Waals surface area contributed by atoms with Crippen molar-refractivity contribution < 1.29 is 4.39 Å². The maximum atomic E-state index is 14.0. The number of aromatic nitrogens is 1. The van der Waals surface area contributed by atoms with Crippen LogP contribution in [0.1, 0.15) is 41.1 Å². The van der Waals surface area contributed by atoms with E-state index in [-0.39, 0.29) is 36.7 Å². The van der Waals surface area contributed by atoms with E-state index in [0.717, 1.165) is 47.7 Å². The molecule has 1 aliphatic rings. The van der Waals surface area contributed by atoms with Gasteiger partial charge in [-0.2, -0.15) is 0 Å². The molecule has 5 aromatic carbocycles. The lowest BCUT2D eigenvalue weighted by Crippen LogP contribution is -2.18. The van der Waals surface area contributed by atoms with Crippen molar-refractivity contribution in [3.8, 4) is 0 Å². The smallest absolute Gasteiger partial charge is 0.123 e. The van der Waals surface area contributed by atoms with Crippen molar-refractivity contribution in [1.29, 1.82) is 0 Å². The summed E-state index contributed by atoms with van der Waals surface area (Å²) in [5.74, 6) is -0.207. The van der Waals surface area contributed by atoms with Crippen LogP contribution in [0.15, 0.2) is 103 Å². The summed E-state index contributed by atoms with van der Waals surface area (Å²) in [6.07, 6.45) is 7.78. The highest BCUT2D eigenvalue weighted by Gasteiger charge is 2.23. The SMILES string of the molecule is Cl.Cl.Fc1ccc2c(Cc3cccnc3)c(NC3CCCc4c3ccc3c4ccc4ccccc43)ccc2c1. The van der Waals surface area contributed by atoms with Crippen LogP contribution in [0, 0.1) is 5.82 Å². The van der Waals surface area contributed by atoms with Crippen LogP contribution in [0.2, 0.25) is 0 Å². The molecule has 7 rings (SSSR count). The molecule has 5 heteroatoms. The summed E-state index contributed by atoms with van der Waals surface area (Å²) < 4.78 is 14.0. The van der Waals surface area contributed by atoms with Gasteiger partial charge in [-0.15, -0.1) is 24.8 Å². The lowest BCUT2D eigenvalue weighted by Gasteiger charge is -2.30. The average molecular weight is 556 g/mol. The van der Waals surface area contributed by atoms with Crippen LogP contribution in [0.3, 0.4) is 0 Å². The molecule has 0 saturated heterocycles. The first kappa shape index (κ1) is 26.9. The summed E-state index contributed by atoms with van der Waals surface area (Å²) in [5, 5.41) is 11.2. The normalized spacial score (nSPS) is 14.4. The average Bonchev–Trinajstić information content (AvgIpc) is 2.94. The van der Waals surface area contributed by atoms with Gasteiger partial charge in [0.2, 0.25) is 0 Å². The van der Waals surface area contributed by atoms with E-state index in [2.05, 4.69) is 71.0 Å². The molecule has 0 bridgehead atoms. The summed E-state index contributed by atoms with van der Waals surface area (Å²) >= 11 is 0. The molecule has 0 fully saturated rings. The number of aryl methyl sites for hydroxylation is 1. The first-order valence-electron chi connectivity index (χ1n) is 13.0. The monoisotopic (exact) mass is 554 g/mol. The maximum absolute atomic E-state index is 14.0. The zero-order valence-electron chi connectivity index (χ0n) is 21.4. The molecular formula is C34H29Cl2FN2. The summed E-state index contributed by atoms with van der Waals surface area (Å²) in [4.78, 5) is 4.32. The number of nitrogens with one attached hydrogen (secondary N) is 1. The Bertz CT molecular complexity index is 1790. The zero-order chi connectivity index (χ0) is 24.8. The van der Waals surface area contributed by atoms with Gasteiger partial charge in [0.25, 0.3) is 0 Å². The van der Waals surface area contributed by atoms with E-state index in [1.165, 1.54) is 38.2 Å². The number of anilines is 1. The largest absolute Gasteiger partial charge is 0.378 e. The van der Waals surface area contributed by atoms with E-state index >= 15 is 0 Å². The van der Waals surface area contributed by atoms with Gasteiger partial charge in [-0.3, -0.25) is 4.98 Å². The number of halogens is 3. The molecule has 1 aromatic heterocycles. The molecule has 1 N–H and O–H groups in total. The molecule has 1 heterocycles. The van der Waals surface area contributed by atoms with Gasteiger partial charge >= 0.3 is 0 Å². The van der Waals surface area contributed by atoms with Crippen molar-refractivity contribution in [2.45, 2.75) is 31.7 Å². The molecule has 1 unspecified atom stereocenters. The van der Waals surface area contributed by atoms with Gasteiger partial charge in [-0.05, 0) is 98.1 Å². The maximum Gasteiger partial charge on any atom is 0.123 e. The third-order valence-corrected chi connectivity index (χ3v) is 7.90. The van der Waals surface area contributed by atoms with Crippen LogP contribution in [-0.4, -0.2) is 4.98 Å². The Labute approximate surface area is 240 Å². The van der Waals surface area contributed by atoms with Crippen molar-refractivity contribution >= 4 is 62.8 Å². The molecule has 0 spiro atoms. The molecule has 0 amide bonds. The van der Waals surface area contributed by atoms with Crippen molar-refractivity contribution in [3.63, 3.8) is 0 Å². The second-order valence-electron chi connectivity index (χ2n) is 10.1. The van der Waals surface area contributed by atoms with Gasteiger partial charge in [-0.1, -0.05) is 66.7 Å². The van der Waals surface area contributed by atoms with E-state index in [9.17, 15) is 4.39 Å². The fourth-order valence-electron chi connectivity index (χ4n) is 6.15. The van der Waals surface area contributed by atoms with Gasteiger partial charge in [0, 0.05) is 24.5 Å². The highest BCUT2D eigenvalue weighted by atomic mass is 35.5. The van der Waals surface area contributed by atoms with E-state index < -0.39 is 0 Å². The Morgan fingerprint density at radius 3 is 2.46 bits per heavy atom. The Morgan fingerprint density at radius 2 is 1.59 bits per heavy atom. The van der Waals surface area contributed by atoms with Gasteiger partial charge in [-0.25, -0.2) is 4.39 Å². The minimum atomic E-state index is -0.207. The number of hydrogen-bond acceptors (Lipinski definition) is 2. The van der Waals surface area contributed by atoms with Crippen molar-refractivity contribution in [1.82, 2.24) is 4.98 Å². The predicted molar refractivity (Wildman–Crippen MR) is 166 cm³/mol. The highest BCUT2D eigenvalue weighted by Crippen LogP contribution is 2.40. The molecule has 0 saturated carbocycles. The van der Waals surface area contributed by atoms with Gasteiger partial charge in [0.05, 0.1) is 6.04 Å². The molecular weight excluding hydrogens is 526 g/mol. The Hall–Kier alpha value is -3.66.